The van der Waals surface area contributed by atoms with Crippen molar-refractivity contribution in [2.24, 2.45) is 0 Å². The van der Waals surface area contributed by atoms with E-state index in [1.807, 2.05) is 97.1 Å². The van der Waals surface area contributed by atoms with Gasteiger partial charge in [0.1, 0.15) is 44.8 Å². The molecule has 0 fully saturated rings. The maximum Gasteiger partial charge on any atom is 0.168 e. The predicted molar refractivity (Wildman–Crippen MR) is 272 cm³/mol. The van der Waals surface area contributed by atoms with Crippen LogP contribution in [0.3, 0.4) is 0 Å². The number of para-hydroxylation sites is 4. The highest BCUT2D eigenvalue weighted by atomic mass is 15.2. The van der Waals surface area contributed by atoms with Crippen molar-refractivity contribution < 1.29 is 0 Å². The first-order valence-corrected chi connectivity index (χ1v) is 22.9. The van der Waals surface area contributed by atoms with Gasteiger partial charge in [0.2, 0.25) is 0 Å². The van der Waals surface area contributed by atoms with Gasteiger partial charge in [0.25, 0.3) is 0 Å². The molecule has 14 heteroatoms. The zero-order chi connectivity index (χ0) is 47.0. The molecule has 4 aromatic carbocycles. The summed E-state index contributed by atoms with van der Waals surface area (Å²) in [6, 6.07) is 48.3. The van der Waals surface area contributed by atoms with E-state index in [2.05, 4.69) is 94.5 Å². The second kappa shape index (κ2) is 16.1. The summed E-state index contributed by atoms with van der Waals surface area (Å²) in [4.78, 5) is 53.3. The van der Waals surface area contributed by atoms with Gasteiger partial charge in [0.15, 0.2) is 45.9 Å². The van der Waals surface area contributed by atoms with Crippen LogP contribution in [0.25, 0.3) is 113 Å². The van der Waals surface area contributed by atoms with E-state index < -0.39 is 0 Å². The first kappa shape index (κ1) is 40.7. The minimum atomic E-state index is 0.429. The van der Waals surface area contributed by atoms with Crippen molar-refractivity contribution in [2.45, 2.75) is 27.7 Å². The molecule has 0 atom stereocenters. The van der Waals surface area contributed by atoms with Crippen molar-refractivity contribution in [1.82, 2.24) is 68.1 Å². The molecule has 0 N–H and O–H groups in total. The van der Waals surface area contributed by atoms with E-state index in [-0.39, 0.29) is 0 Å². The lowest BCUT2D eigenvalue weighted by Gasteiger charge is -2.19. The Morgan fingerprint density at radius 2 is 0.486 bits per heavy atom. The van der Waals surface area contributed by atoms with Crippen LogP contribution in [-0.4, -0.2) is 68.1 Å². The van der Waals surface area contributed by atoms with E-state index in [1.54, 1.807) is 24.8 Å². The normalized spacial score (nSPS) is 11.7. The molecule has 0 radical (unpaired) electrons. The summed E-state index contributed by atoms with van der Waals surface area (Å²) >= 11 is 0. The minimum absolute atomic E-state index is 0.429. The lowest BCUT2D eigenvalue weighted by molar-refractivity contribution is 0.989. The van der Waals surface area contributed by atoms with E-state index in [1.165, 1.54) is 0 Å². The van der Waals surface area contributed by atoms with Crippen LogP contribution in [-0.2, 0) is 0 Å². The van der Waals surface area contributed by atoms with Gasteiger partial charge in [-0.25, -0.2) is 49.8 Å². The lowest BCUT2D eigenvalue weighted by atomic mass is 10.1. The van der Waals surface area contributed by atoms with E-state index >= 15 is 0 Å². The molecule has 0 saturated carbocycles. The molecule has 0 spiro atoms. The minimum Gasteiger partial charge on any atom is -0.275 e. The lowest BCUT2D eigenvalue weighted by Crippen LogP contribution is -2.12. The number of hydrogen-bond donors (Lipinski definition) is 0. The Morgan fingerprint density at radius 1 is 0.257 bits per heavy atom. The van der Waals surface area contributed by atoms with Crippen molar-refractivity contribution in [2.75, 3.05) is 0 Å². The summed E-state index contributed by atoms with van der Waals surface area (Å²) in [5, 5.41) is 0. The van der Waals surface area contributed by atoms with Gasteiger partial charge in [-0.3, -0.25) is 18.3 Å². The van der Waals surface area contributed by atoms with Crippen molar-refractivity contribution in [3.8, 4) is 68.8 Å². The molecule has 0 amide bonds. The van der Waals surface area contributed by atoms with Crippen molar-refractivity contribution in [3.63, 3.8) is 0 Å². The molecule has 0 aliphatic heterocycles. The Balaban J connectivity index is 1.26. The average molecular weight is 909 g/mol. The van der Waals surface area contributed by atoms with Crippen LogP contribution in [0, 0.1) is 27.7 Å². The van der Waals surface area contributed by atoms with Crippen LogP contribution in [0.15, 0.2) is 170 Å². The van der Waals surface area contributed by atoms with Crippen LogP contribution < -0.4 is 0 Å². The van der Waals surface area contributed by atoms with E-state index in [4.69, 9.17) is 49.8 Å². The SMILES string of the molecule is Cc1ccccc1-n1c(-c2nc(-c3nc4cccnc4n3-c3ccccc3C)c(-c3nc4cccnc4n3-c3ccccc3C)nc2-c2nc3cccnc3n2-c2ccccc2C)nc2cccnc21. The Morgan fingerprint density at radius 3 is 0.714 bits per heavy atom. The number of nitrogens with zero attached hydrogens (tertiary/aromatic N) is 14. The summed E-state index contributed by atoms with van der Waals surface area (Å²) in [5.41, 5.74) is 14.7. The molecule has 13 rings (SSSR count). The monoisotopic (exact) mass is 908 g/mol. The zero-order valence-electron chi connectivity index (χ0n) is 38.4. The van der Waals surface area contributed by atoms with Crippen LogP contribution in [0.5, 0.6) is 0 Å². The van der Waals surface area contributed by atoms with Gasteiger partial charge >= 0.3 is 0 Å². The number of pyridine rings is 4. The van der Waals surface area contributed by atoms with E-state index in [0.717, 1.165) is 45.0 Å². The summed E-state index contributed by atoms with van der Waals surface area (Å²) in [6.45, 7) is 8.33. The predicted octanol–water partition coefficient (Wildman–Crippen LogP) is 11.3. The number of hydrogen-bond acceptors (Lipinski definition) is 10. The second-order valence-corrected chi connectivity index (χ2v) is 17.2. The highest BCUT2D eigenvalue weighted by Crippen LogP contribution is 2.42. The summed E-state index contributed by atoms with van der Waals surface area (Å²) in [6.07, 6.45) is 7.15. The largest absolute Gasteiger partial charge is 0.275 e. The molecule has 0 aliphatic rings. The third-order valence-corrected chi connectivity index (χ3v) is 12.8. The van der Waals surface area contributed by atoms with E-state index in [0.29, 0.717) is 90.7 Å². The Hall–Kier alpha value is -9.56. The molecule has 0 saturated heterocycles. The fraction of sp³-hybridized carbons (Fsp3) is 0.0714. The van der Waals surface area contributed by atoms with Crippen molar-refractivity contribution in [3.05, 3.63) is 193 Å². The number of aryl methyl sites for hydroxylation is 4. The maximum atomic E-state index is 5.91. The van der Waals surface area contributed by atoms with Crippen LogP contribution in [0.4, 0.5) is 0 Å². The fourth-order valence-corrected chi connectivity index (χ4v) is 9.51. The molecule has 334 valence electrons. The fourth-order valence-electron chi connectivity index (χ4n) is 9.51. The average Bonchev–Trinajstić information content (AvgIpc) is 4.17. The Bertz CT molecular complexity index is 3680. The standard InChI is InChI=1S/C56H40N14/c1-33-17-5-9-25-41(33)67-49-37(21-13-29-57-49)61-53(67)45-46(54-62-38-22-14-30-58-50(38)68(54)42-26-10-6-18-34(42)2)66-48(56-64-40-24-16-32-60-52(40)70(56)44-28-12-8-20-36(44)4)47(65-45)55-63-39-23-15-31-59-51(39)69(55)43-27-11-7-19-35(43)3/h5-32H,1-4H3. The van der Waals surface area contributed by atoms with Gasteiger partial charge in [-0.1, -0.05) is 72.8 Å². The van der Waals surface area contributed by atoms with Gasteiger partial charge < -0.3 is 0 Å². The van der Waals surface area contributed by atoms with Gasteiger partial charge in [0.05, 0.1) is 22.7 Å². The summed E-state index contributed by atoms with van der Waals surface area (Å²) < 4.78 is 8.27. The molecular formula is C56H40N14. The molecule has 0 aliphatic carbocycles. The molecule has 14 nitrogen and oxygen atoms in total. The smallest absolute Gasteiger partial charge is 0.168 e. The topological polar surface area (TPSA) is 149 Å². The van der Waals surface area contributed by atoms with Gasteiger partial charge in [-0.2, -0.15) is 0 Å². The van der Waals surface area contributed by atoms with Crippen molar-refractivity contribution in [1.29, 1.82) is 0 Å². The first-order valence-electron chi connectivity index (χ1n) is 22.9. The number of rotatable bonds is 8. The summed E-state index contributed by atoms with van der Waals surface area (Å²) in [5.74, 6) is 2.00. The third kappa shape index (κ3) is 6.34. The van der Waals surface area contributed by atoms with Gasteiger partial charge in [-0.15, -0.1) is 0 Å². The maximum absolute atomic E-state index is 5.91. The molecule has 13 aromatic rings. The van der Waals surface area contributed by atoms with E-state index in [9.17, 15) is 0 Å². The Labute approximate surface area is 400 Å². The summed E-state index contributed by atoms with van der Waals surface area (Å²) in [7, 11) is 0. The highest BCUT2D eigenvalue weighted by molar-refractivity contribution is 5.92. The zero-order valence-corrected chi connectivity index (χ0v) is 38.4. The molecular weight excluding hydrogens is 869 g/mol. The quantitative estimate of drug-likeness (QED) is 0.144. The van der Waals surface area contributed by atoms with Crippen LogP contribution >= 0.6 is 0 Å². The molecule has 70 heavy (non-hydrogen) atoms. The molecule has 9 aromatic heterocycles. The molecule has 0 bridgehead atoms. The number of benzene rings is 4. The van der Waals surface area contributed by atoms with Gasteiger partial charge in [-0.05, 0) is 123 Å². The van der Waals surface area contributed by atoms with Crippen molar-refractivity contribution >= 4 is 44.7 Å². The number of imidazole rings is 4. The molecule has 9 heterocycles. The van der Waals surface area contributed by atoms with Gasteiger partial charge in [0, 0.05) is 24.8 Å². The molecule has 0 unspecified atom stereocenters. The number of fused-ring (bicyclic) bond motifs is 4. The highest BCUT2D eigenvalue weighted by Gasteiger charge is 2.33. The Kier molecular flexibility index (Phi) is 9.33. The van der Waals surface area contributed by atoms with Crippen LogP contribution in [0.2, 0.25) is 0 Å². The van der Waals surface area contributed by atoms with Crippen LogP contribution in [0.1, 0.15) is 22.3 Å². The number of aromatic nitrogens is 14. The third-order valence-electron chi connectivity index (χ3n) is 12.8. The second-order valence-electron chi connectivity index (χ2n) is 17.2. The first-order chi connectivity index (χ1) is 34.4.